The number of anilines is 1. The molecule has 29 heavy (non-hydrogen) atoms. The van der Waals surface area contributed by atoms with Crippen molar-refractivity contribution in [1.82, 2.24) is 4.31 Å². The molecule has 0 bridgehead atoms. The summed E-state index contributed by atoms with van der Waals surface area (Å²) >= 11 is 0. The number of carbonyl (C=O) groups excluding carboxylic acids is 1. The van der Waals surface area contributed by atoms with E-state index in [2.05, 4.69) is 5.32 Å². The van der Waals surface area contributed by atoms with E-state index in [1.165, 1.54) is 35.6 Å². The Morgan fingerprint density at radius 2 is 1.62 bits per heavy atom. The fraction of sp³-hybridized carbons (Fsp3) is 0.0952. The van der Waals surface area contributed by atoms with Gasteiger partial charge in [0.15, 0.2) is 0 Å². The number of nitrogens with one attached hydrogen (secondary N) is 1. The first-order chi connectivity index (χ1) is 13.8. The molecule has 0 unspecified atom stereocenters. The minimum Gasteiger partial charge on any atom is -0.322 e. The molecule has 3 aromatic carbocycles. The third-order valence-electron chi connectivity index (χ3n) is 4.24. The minimum absolute atomic E-state index is 0.0573. The third-order valence-corrected chi connectivity index (χ3v) is 6.06. The van der Waals surface area contributed by atoms with Crippen molar-refractivity contribution in [3.63, 3.8) is 0 Å². The molecule has 0 aromatic heterocycles. The first kappa shape index (κ1) is 20.6. The molecule has 8 heteroatoms. The van der Waals surface area contributed by atoms with Crippen LogP contribution in [-0.2, 0) is 16.6 Å². The minimum atomic E-state index is -3.73. The monoisotopic (exact) mass is 416 g/mol. The molecule has 1 N–H and O–H groups in total. The molecule has 1 amide bonds. The summed E-state index contributed by atoms with van der Waals surface area (Å²) in [5, 5.41) is 2.46. The van der Waals surface area contributed by atoms with Crippen molar-refractivity contribution < 1.29 is 22.0 Å². The lowest BCUT2D eigenvalue weighted by Gasteiger charge is -2.17. The van der Waals surface area contributed by atoms with E-state index in [0.717, 1.165) is 17.7 Å². The molecule has 0 saturated carbocycles. The van der Waals surface area contributed by atoms with Gasteiger partial charge in [-0.25, -0.2) is 17.2 Å². The van der Waals surface area contributed by atoms with Gasteiger partial charge in [-0.3, -0.25) is 4.79 Å². The van der Waals surface area contributed by atoms with Crippen LogP contribution >= 0.6 is 0 Å². The first-order valence-electron chi connectivity index (χ1n) is 8.64. The molecule has 0 heterocycles. The maximum absolute atomic E-state index is 13.7. The number of halogens is 2. The Balaban J connectivity index is 1.72. The second kappa shape index (κ2) is 8.50. The number of rotatable bonds is 6. The van der Waals surface area contributed by atoms with Gasteiger partial charge in [0.25, 0.3) is 5.91 Å². The van der Waals surface area contributed by atoms with Crippen LogP contribution in [0.25, 0.3) is 0 Å². The summed E-state index contributed by atoms with van der Waals surface area (Å²) in [5.41, 5.74) is 0.817. The highest BCUT2D eigenvalue weighted by Crippen LogP contribution is 2.20. The third kappa shape index (κ3) is 4.85. The summed E-state index contributed by atoms with van der Waals surface area (Å²) in [6, 6.07) is 17.3. The Kier molecular flexibility index (Phi) is 6.05. The van der Waals surface area contributed by atoms with Crippen LogP contribution in [0.4, 0.5) is 14.5 Å². The quantitative estimate of drug-likeness (QED) is 0.660. The zero-order valence-electron chi connectivity index (χ0n) is 15.5. The first-order valence-corrected chi connectivity index (χ1v) is 10.1. The number of hydrogen-bond donors (Lipinski definition) is 1. The molecule has 150 valence electrons. The summed E-state index contributed by atoms with van der Waals surface area (Å²) in [4.78, 5) is 12.2. The largest absolute Gasteiger partial charge is 0.322 e. The highest BCUT2D eigenvalue weighted by molar-refractivity contribution is 7.89. The summed E-state index contributed by atoms with van der Waals surface area (Å²) in [6.45, 7) is 0.214. The van der Waals surface area contributed by atoms with Crippen molar-refractivity contribution in [2.24, 2.45) is 0 Å². The normalized spacial score (nSPS) is 11.4. The molecule has 0 saturated heterocycles. The number of sulfonamides is 1. The van der Waals surface area contributed by atoms with Gasteiger partial charge in [-0.15, -0.1) is 0 Å². The van der Waals surface area contributed by atoms with E-state index >= 15 is 0 Å². The molecular weight excluding hydrogens is 398 g/mol. The van der Waals surface area contributed by atoms with Gasteiger partial charge in [-0.2, -0.15) is 4.31 Å². The van der Waals surface area contributed by atoms with Gasteiger partial charge >= 0.3 is 0 Å². The second-order valence-corrected chi connectivity index (χ2v) is 8.39. The molecule has 0 aliphatic heterocycles. The molecule has 0 aliphatic rings. The van der Waals surface area contributed by atoms with Crippen LogP contribution in [0.15, 0.2) is 77.7 Å². The molecule has 5 nitrogen and oxygen atoms in total. The van der Waals surface area contributed by atoms with Crippen molar-refractivity contribution in [3.8, 4) is 0 Å². The van der Waals surface area contributed by atoms with Gasteiger partial charge in [0.05, 0.1) is 10.5 Å². The maximum Gasteiger partial charge on any atom is 0.258 e. The van der Waals surface area contributed by atoms with Gasteiger partial charge in [-0.05, 0) is 42.0 Å². The Bertz CT molecular complexity index is 1120. The van der Waals surface area contributed by atoms with Gasteiger partial charge < -0.3 is 5.32 Å². The molecule has 0 radical (unpaired) electrons. The van der Waals surface area contributed by atoms with Crippen molar-refractivity contribution >= 4 is 21.6 Å². The number of benzene rings is 3. The summed E-state index contributed by atoms with van der Waals surface area (Å²) < 4.78 is 53.3. The Labute approximate surface area is 167 Å². The lowest BCUT2D eigenvalue weighted by Crippen LogP contribution is -2.26. The van der Waals surface area contributed by atoms with Crippen LogP contribution in [-0.4, -0.2) is 25.7 Å². The van der Waals surface area contributed by atoms with Crippen LogP contribution in [0.3, 0.4) is 0 Å². The van der Waals surface area contributed by atoms with E-state index in [1.807, 2.05) is 30.3 Å². The summed E-state index contributed by atoms with van der Waals surface area (Å²) in [5.74, 6) is -2.53. The van der Waals surface area contributed by atoms with Crippen LogP contribution in [0.1, 0.15) is 15.9 Å². The van der Waals surface area contributed by atoms with Gasteiger partial charge in [0, 0.05) is 25.3 Å². The lowest BCUT2D eigenvalue weighted by molar-refractivity contribution is 0.102. The van der Waals surface area contributed by atoms with Crippen molar-refractivity contribution in [1.29, 1.82) is 0 Å². The zero-order chi connectivity index (χ0) is 21.0. The summed E-state index contributed by atoms with van der Waals surface area (Å²) in [6.07, 6.45) is 0. The number of carbonyl (C=O) groups is 1. The highest BCUT2D eigenvalue weighted by Gasteiger charge is 2.21. The molecular formula is C21H18F2N2O3S. The maximum atomic E-state index is 13.7. The van der Waals surface area contributed by atoms with E-state index in [0.29, 0.717) is 6.07 Å². The fourth-order valence-electron chi connectivity index (χ4n) is 2.69. The van der Waals surface area contributed by atoms with Gasteiger partial charge in [0.2, 0.25) is 10.0 Å². The van der Waals surface area contributed by atoms with E-state index in [1.54, 1.807) is 0 Å². The highest BCUT2D eigenvalue weighted by atomic mass is 32.2. The molecule has 0 spiro atoms. The van der Waals surface area contributed by atoms with E-state index in [-0.39, 0.29) is 22.7 Å². The second-order valence-electron chi connectivity index (χ2n) is 6.35. The van der Waals surface area contributed by atoms with E-state index in [9.17, 15) is 22.0 Å². The van der Waals surface area contributed by atoms with E-state index < -0.39 is 27.6 Å². The van der Waals surface area contributed by atoms with Gasteiger partial charge in [0.1, 0.15) is 11.6 Å². The number of hydrogen-bond acceptors (Lipinski definition) is 3. The van der Waals surface area contributed by atoms with Crippen LogP contribution in [0.2, 0.25) is 0 Å². The standard InChI is InChI=1S/C21H18F2N2O3S/c1-25(14-15-5-3-2-4-6-15)29(27,28)18-10-8-17(9-11-18)24-21(26)19-12-7-16(22)13-20(19)23/h2-13H,14H2,1H3,(H,24,26). The van der Waals surface area contributed by atoms with E-state index in [4.69, 9.17) is 0 Å². The Hall–Kier alpha value is -3.10. The zero-order valence-corrected chi connectivity index (χ0v) is 16.3. The smallest absolute Gasteiger partial charge is 0.258 e. The van der Waals surface area contributed by atoms with Crippen LogP contribution < -0.4 is 5.32 Å². The van der Waals surface area contributed by atoms with Crippen LogP contribution in [0, 0.1) is 11.6 Å². The van der Waals surface area contributed by atoms with Crippen molar-refractivity contribution in [3.05, 3.63) is 95.6 Å². The molecule has 3 rings (SSSR count). The summed E-state index contributed by atoms with van der Waals surface area (Å²) in [7, 11) is -2.25. The Morgan fingerprint density at radius 3 is 2.24 bits per heavy atom. The number of nitrogens with zero attached hydrogens (tertiary/aromatic N) is 1. The molecule has 0 aliphatic carbocycles. The van der Waals surface area contributed by atoms with Crippen LogP contribution in [0.5, 0.6) is 0 Å². The predicted molar refractivity (Wildman–Crippen MR) is 106 cm³/mol. The average Bonchev–Trinajstić information content (AvgIpc) is 2.69. The SMILES string of the molecule is CN(Cc1ccccc1)S(=O)(=O)c1ccc(NC(=O)c2ccc(F)cc2F)cc1. The lowest BCUT2D eigenvalue weighted by atomic mass is 10.2. The Morgan fingerprint density at radius 1 is 0.966 bits per heavy atom. The molecule has 0 fully saturated rings. The topological polar surface area (TPSA) is 66.5 Å². The number of amides is 1. The van der Waals surface area contributed by atoms with Crippen molar-refractivity contribution in [2.45, 2.75) is 11.4 Å². The van der Waals surface area contributed by atoms with Gasteiger partial charge in [-0.1, -0.05) is 30.3 Å². The average molecular weight is 416 g/mol. The predicted octanol–water partition coefficient (Wildman–Crippen LogP) is 4.04. The molecule has 3 aromatic rings. The fourth-order valence-corrected chi connectivity index (χ4v) is 3.85. The van der Waals surface area contributed by atoms with Crippen molar-refractivity contribution in [2.75, 3.05) is 12.4 Å². The molecule has 0 atom stereocenters.